The zero-order valence-electron chi connectivity index (χ0n) is 42.7. The Kier molecular flexibility index (Phi) is 8.59. The predicted molar refractivity (Wildman–Crippen MR) is 307 cm³/mol. The molecule has 14 rings (SSSR count). The Morgan fingerprint density at radius 1 is 0.486 bits per heavy atom. The highest BCUT2D eigenvalue weighted by molar-refractivity contribution is 7.27. The second-order valence-corrected chi connectivity index (χ2v) is 27.0. The number of rotatable bonds is 2. The number of anilines is 5. The van der Waals surface area contributed by atoms with Crippen molar-refractivity contribution in [2.75, 3.05) is 9.80 Å². The fraction of sp³-hybridized carbons (Fsp3) is 0.312. The first-order chi connectivity index (χ1) is 33.3. The third kappa shape index (κ3) is 5.58. The molecule has 2 atom stereocenters. The van der Waals surface area contributed by atoms with Gasteiger partial charge in [-0.2, -0.15) is 0 Å². The molecule has 0 bridgehead atoms. The molecule has 70 heavy (non-hydrogen) atoms. The molecule has 1 fully saturated rings. The van der Waals surface area contributed by atoms with E-state index < -0.39 is 0 Å². The molecule has 0 saturated heterocycles. The highest BCUT2D eigenvalue weighted by atomic mass is 32.1. The summed E-state index contributed by atoms with van der Waals surface area (Å²) in [5.74, 6) is 0. The second kappa shape index (κ2) is 14.0. The maximum Gasteiger partial charge on any atom is 0.252 e. The molecule has 348 valence electrons. The van der Waals surface area contributed by atoms with Gasteiger partial charge in [-0.05, 0) is 129 Å². The summed E-state index contributed by atoms with van der Waals surface area (Å²) in [5.41, 5.74) is 20.3. The van der Waals surface area contributed by atoms with Gasteiger partial charge in [0.05, 0.1) is 31.7 Å². The summed E-state index contributed by atoms with van der Waals surface area (Å²) in [6.07, 6.45) is 4.87. The van der Waals surface area contributed by atoms with Gasteiger partial charge in [0.25, 0.3) is 6.71 Å². The Morgan fingerprint density at radius 3 is 1.90 bits per heavy atom. The molecule has 1 aliphatic carbocycles. The first-order valence-electron chi connectivity index (χ1n) is 25.8. The topological polar surface area (TPSA) is 11.4 Å². The van der Waals surface area contributed by atoms with Gasteiger partial charge in [-0.15, -0.1) is 22.7 Å². The summed E-state index contributed by atoms with van der Waals surface area (Å²) < 4.78 is 8.12. The van der Waals surface area contributed by atoms with Gasteiger partial charge in [-0.25, -0.2) is 0 Å². The number of hydrogen-bond acceptors (Lipinski definition) is 4. The van der Waals surface area contributed by atoms with Crippen molar-refractivity contribution in [2.45, 2.75) is 129 Å². The van der Waals surface area contributed by atoms with Gasteiger partial charge in [-0.1, -0.05) is 155 Å². The Bertz CT molecular complexity index is 3920. The zero-order valence-corrected chi connectivity index (χ0v) is 44.3. The van der Waals surface area contributed by atoms with Crippen LogP contribution in [0.3, 0.4) is 0 Å². The SMILES string of the molecule is CC(C)(C)c1cc2c3c(c1)-n1c4c(cc(C(C)(C)C)cc4c4sc5ccccc5c41)B3c1ccc(N3c4ccc(C(C)(C)C)cc4C4(C)CCCCC34C)cc1N2c1cccc2c1sc1ccccc12. The first-order valence-corrected chi connectivity index (χ1v) is 27.5. The van der Waals surface area contributed by atoms with E-state index in [1.165, 1.54) is 143 Å². The van der Waals surface area contributed by atoms with Crippen molar-refractivity contribution in [1.82, 2.24) is 4.57 Å². The smallest absolute Gasteiger partial charge is 0.252 e. The van der Waals surface area contributed by atoms with Crippen LogP contribution in [-0.4, -0.2) is 16.8 Å². The molecule has 6 heteroatoms. The lowest BCUT2D eigenvalue weighted by atomic mass is 9.33. The standard InChI is InChI=1S/C64H62BN3S2/c1-60(2,3)37-25-28-48-45(32-37)63(10)29-16-17-30-64(63,11)68(48)40-26-27-46-50(36-40)66(49-22-18-21-42-41-19-12-14-23-53(41)69-58(42)49)51-34-39(62(7,8)9)35-52-55(51)65(46)47-33-38(61(4,5)6)31-44-56(47)67(52)57-43-20-13-15-24-54(43)70-59(44)57/h12-15,18-28,31-36H,16-17,29-30H2,1-11H3. The largest absolute Gasteiger partial charge is 0.334 e. The number of aromatic nitrogens is 1. The summed E-state index contributed by atoms with van der Waals surface area (Å²) >= 11 is 3.91. The molecule has 10 aromatic rings. The lowest BCUT2D eigenvalue weighted by molar-refractivity contribution is 0.195. The van der Waals surface area contributed by atoms with Crippen LogP contribution in [0.4, 0.5) is 28.4 Å². The predicted octanol–water partition coefficient (Wildman–Crippen LogP) is 16.6. The highest BCUT2D eigenvalue weighted by Gasteiger charge is 2.58. The number of hydrogen-bond donors (Lipinski definition) is 0. The Morgan fingerprint density at radius 2 is 1.14 bits per heavy atom. The Labute approximate surface area is 421 Å². The van der Waals surface area contributed by atoms with Crippen LogP contribution in [0.1, 0.15) is 124 Å². The quantitative estimate of drug-likeness (QED) is 0.160. The van der Waals surface area contributed by atoms with Crippen molar-refractivity contribution in [1.29, 1.82) is 0 Å². The van der Waals surface area contributed by atoms with Crippen molar-refractivity contribution >= 4 is 126 Å². The molecular weight excluding hydrogens is 886 g/mol. The van der Waals surface area contributed by atoms with E-state index in [2.05, 4.69) is 218 Å². The molecule has 0 spiro atoms. The molecule has 6 heterocycles. The minimum Gasteiger partial charge on any atom is -0.334 e. The average molecular weight is 948 g/mol. The van der Waals surface area contributed by atoms with Crippen LogP contribution in [0.2, 0.25) is 0 Å². The third-order valence-corrected chi connectivity index (χ3v) is 20.2. The van der Waals surface area contributed by atoms with Crippen LogP contribution in [-0.2, 0) is 21.7 Å². The summed E-state index contributed by atoms with van der Waals surface area (Å²) in [5, 5.41) is 5.38. The van der Waals surface area contributed by atoms with Gasteiger partial charge in [0.1, 0.15) is 0 Å². The number of thiophene rings is 2. The van der Waals surface area contributed by atoms with E-state index in [4.69, 9.17) is 0 Å². The number of nitrogens with zero attached hydrogens (tertiary/aromatic N) is 3. The van der Waals surface area contributed by atoms with E-state index in [0.29, 0.717) is 0 Å². The number of benzene rings is 7. The average Bonchev–Trinajstić information content (AvgIpc) is 4.04. The Balaban J connectivity index is 1.13. The van der Waals surface area contributed by atoms with Crippen molar-refractivity contribution in [3.63, 3.8) is 0 Å². The normalized spacial score (nSPS) is 19.7. The van der Waals surface area contributed by atoms with Crippen LogP contribution in [0.5, 0.6) is 0 Å². The second-order valence-electron chi connectivity index (χ2n) is 24.9. The van der Waals surface area contributed by atoms with Crippen LogP contribution >= 0.6 is 22.7 Å². The van der Waals surface area contributed by atoms with Gasteiger partial charge in [-0.3, -0.25) is 0 Å². The van der Waals surface area contributed by atoms with Crippen LogP contribution in [0, 0.1) is 0 Å². The zero-order chi connectivity index (χ0) is 48.2. The van der Waals surface area contributed by atoms with Crippen LogP contribution < -0.4 is 26.2 Å². The van der Waals surface area contributed by atoms with Crippen molar-refractivity contribution in [3.8, 4) is 5.69 Å². The molecule has 1 saturated carbocycles. The molecule has 4 aliphatic rings. The molecule has 0 radical (unpaired) electrons. The van der Waals surface area contributed by atoms with Gasteiger partial charge in [0.15, 0.2) is 0 Å². The van der Waals surface area contributed by atoms with Gasteiger partial charge >= 0.3 is 0 Å². The molecule has 3 aliphatic heterocycles. The van der Waals surface area contributed by atoms with E-state index in [1.54, 1.807) is 0 Å². The van der Waals surface area contributed by atoms with E-state index >= 15 is 0 Å². The van der Waals surface area contributed by atoms with Gasteiger partial charge < -0.3 is 14.4 Å². The highest BCUT2D eigenvalue weighted by Crippen LogP contribution is 2.62. The van der Waals surface area contributed by atoms with Crippen molar-refractivity contribution in [3.05, 3.63) is 150 Å². The van der Waals surface area contributed by atoms with Crippen molar-refractivity contribution in [2.24, 2.45) is 0 Å². The van der Waals surface area contributed by atoms with Gasteiger partial charge in [0, 0.05) is 64.8 Å². The van der Waals surface area contributed by atoms with Gasteiger partial charge in [0.2, 0.25) is 0 Å². The van der Waals surface area contributed by atoms with Crippen LogP contribution in [0.15, 0.2) is 127 Å². The fourth-order valence-corrected chi connectivity index (χ4v) is 16.1. The number of fused-ring (bicyclic) bond motifs is 15. The molecule has 0 N–H and O–H groups in total. The summed E-state index contributed by atoms with van der Waals surface area (Å²) in [7, 11) is 0. The molecule has 3 aromatic heterocycles. The van der Waals surface area contributed by atoms with Crippen LogP contribution in [0.25, 0.3) is 57.1 Å². The van der Waals surface area contributed by atoms with Crippen molar-refractivity contribution < 1.29 is 0 Å². The molecular formula is C64H62BN3S2. The fourth-order valence-electron chi connectivity index (χ4n) is 13.7. The molecule has 3 nitrogen and oxygen atoms in total. The minimum absolute atomic E-state index is 0.0218. The van der Waals surface area contributed by atoms with E-state index in [1.807, 2.05) is 22.7 Å². The third-order valence-electron chi connectivity index (χ3n) is 17.8. The van der Waals surface area contributed by atoms with E-state index in [9.17, 15) is 0 Å². The maximum atomic E-state index is 2.81. The molecule has 2 unspecified atom stereocenters. The molecule has 0 amide bonds. The first kappa shape index (κ1) is 43.0. The summed E-state index contributed by atoms with van der Waals surface area (Å²) in [6, 6.07) is 50.7. The lowest BCUT2D eigenvalue weighted by Crippen LogP contribution is -2.61. The summed E-state index contributed by atoms with van der Waals surface area (Å²) in [4.78, 5) is 5.54. The maximum absolute atomic E-state index is 2.81. The monoisotopic (exact) mass is 947 g/mol. The minimum atomic E-state index is -0.109. The lowest BCUT2D eigenvalue weighted by Gasteiger charge is -2.50. The summed E-state index contributed by atoms with van der Waals surface area (Å²) in [6.45, 7) is 26.7. The van der Waals surface area contributed by atoms with E-state index in [0.717, 1.165) is 6.42 Å². The Hall–Kier alpha value is -5.82. The van der Waals surface area contributed by atoms with E-state index in [-0.39, 0.29) is 33.9 Å². The molecule has 7 aromatic carbocycles.